The standard InChI is InChI=1S/C15H25N7O5/c1-21(4-2-3-5-26-17)14(25)11-9(23)10(24)15(27-11)22-7-20-8-12(16)18-6-19-13(8)22/h6-7,9-11,14-15,23-25H,2-5,17H2,1H3,(H2,16,18,19)/t9-,10+,11-,14?,15+/m0/s1. The molecule has 1 fully saturated rings. The van der Waals surface area contributed by atoms with Crippen molar-refractivity contribution in [1.82, 2.24) is 24.4 Å². The fraction of sp³-hybridized carbons (Fsp3) is 0.667. The van der Waals surface area contributed by atoms with Crippen molar-refractivity contribution in [3.8, 4) is 0 Å². The Kier molecular flexibility index (Phi) is 6.16. The van der Waals surface area contributed by atoms with Crippen LogP contribution in [0.2, 0.25) is 0 Å². The third kappa shape index (κ3) is 3.87. The zero-order valence-corrected chi connectivity index (χ0v) is 14.9. The summed E-state index contributed by atoms with van der Waals surface area (Å²) >= 11 is 0. The maximum absolute atomic E-state index is 10.5. The Bertz CT molecular complexity index is 759. The maximum Gasteiger partial charge on any atom is 0.167 e. The molecule has 2 aromatic rings. The first-order valence-electron chi connectivity index (χ1n) is 8.60. The predicted octanol–water partition coefficient (Wildman–Crippen LogP) is -2.05. The van der Waals surface area contributed by atoms with Crippen LogP contribution in [0.4, 0.5) is 5.82 Å². The first kappa shape index (κ1) is 19.8. The van der Waals surface area contributed by atoms with Gasteiger partial charge in [0.1, 0.15) is 36.4 Å². The Morgan fingerprint density at radius 1 is 1.30 bits per heavy atom. The summed E-state index contributed by atoms with van der Waals surface area (Å²) in [5, 5.41) is 31.4. The molecule has 0 spiro atoms. The smallest absolute Gasteiger partial charge is 0.167 e. The molecule has 1 aliphatic rings. The molecule has 5 atom stereocenters. The largest absolute Gasteiger partial charge is 0.387 e. The zero-order chi connectivity index (χ0) is 19.6. The highest BCUT2D eigenvalue weighted by Gasteiger charge is 2.48. The summed E-state index contributed by atoms with van der Waals surface area (Å²) in [5.74, 6) is 5.18. The highest BCUT2D eigenvalue weighted by molar-refractivity contribution is 5.81. The first-order valence-corrected chi connectivity index (χ1v) is 8.60. The van der Waals surface area contributed by atoms with E-state index in [0.29, 0.717) is 24.3 Å². The molecule has 0 saturated carbocycles. The van der Waals surface area contributed by atoms with Gasteiger partial charge < -0.3 is 30.6 Å². The minimum atomic E-state index is -1.29. The number of nitrogens with zero attached hydrogens (tertiary/aromatic N) is 5. The number of aliphatic hydroxyl groups excluding tert-OH is 3. The van der Waals surface area contributed by atoms with Gasteiger partial charge in [-0.25, -0.2) is 20.8 Å². The lowest BCUT2D eigenvalue weighted by molar-refractivity contribution is -0.132. The summed E-state index contributed by atoms with van der Waals surface area (Å²) in [7, 11) is 1.70. The summed E-state index contributed by atoms with van der Waals surface area (Å²) in [6, 6.07) is 0. The number of anilines is 1. The molecule has 27 heavy (non-hydrogen) atoms. The zero-order valence-electron chi connectivity index (χ0n) is 14.9. The first-order chi connectivity index (χ1) is 13.0. The number of unbranched alkanes of at least 4 members (excludes halogenated alkanes) is 1. The number of nitrogen functional groups attached to an aromatic ring is 1. The fourth-order valence-corrected chi connectivity index (χ4v) is 3.15. The second-order valence-electron chi connectivity index (χ2n) is 6.53. The van der Waals surface area contributed by atoms with E-state index in [1.807, 2.05) is 0 Å². The number of nitrogens with two attached hydrogens (primary N) is 2. The van der Waals surface area contributed by atoms with Crippen LogP contribution < -0.4 is 11.6 Å². The van der Waals surface area contributed by atoms with E-state index in [2.05, 4.69) is 19.8 Å². The molecule has 0 aliphatic carbocycles. The summed E-state index contributed by atoms with van der Waals surface area (Å²) in [6.07, 6.45) is -1.53. The van der Waals surface area contributed by atoms with Crippen LogP contribution in [0.15, 0.2) is 12.7 Å². The molecule has 0 amide bonds. The van der Waals surface area contributed by atoms with Gasteiger partial charge in [-0.1, -0.05) is 0 Å². The van der Waals surface area contributed by atoms with Crippen LogP contribution in [0.3, 0.4) is 0 Å². The molecule has 0 radical (unpaired) electrons. The van der Waals surface area contributed by atoms with Gasteiger partial charge in [0.2, 0.25) is 0 Å². The summed E-state index contributed by atoms with van der Waals surface area (Å²) in [5.41, 5.74) is 6.50. The number of likely N-dealkylation sites (N-methyl/N-ethyl adjacent to an activating group) is 1. The molecule has 0 aromatic carbocycles. The number of rotatable bonds is 8. The molecular weight excluding hydrogens is 358 g/mol. The fourth-order valence-electron chi connectivity index (χ4n) is 3.15. The van der Waals surface area contributed by atoms with Crippen molar-refractivity contribution in [3.63, 3.8) is 0 Å². The molecule has 2 aromatic heterocycles. The Balaban J connectivity index is 1.72. The third-order valence-electron chi connectivity index (χ3n) is 4.70. The van der Waals surface area contributed by atoms with Crippen molar-refractivity contribution in [3.05, 3.63) is 12.7 Å². The highest BCUT2D eigenvalue weighted by atomic mass is 16.6. The lowest BCUT2D eigenvalue weighted by Crippen LogP contribution is -2.47. The molecule has 1 aliphatic heterocycles. The van der Waals surface area contributed by atoms with E-state index in [4.69, 9.17) is 16.4 Å². The van der Waals surface area contributed by atoms with Crippen molar-refractivity contribution in [1.29, 1.82) is 0 Å². The van der Waals surface area contributed by atoms with Gasteiger partial charge in [-0.05, 0) is 19.9 Å². The number of ether oxygens (including phenoxy) is 1. The number of aromatic nitrogens is 4. The summed E-state index contributed by atoms with van der Waals surface area (Å²) in [6.45, 7) is 0.960. The molecule has 3 rings (SSSR count). The molecule has 7 N–H and O–H groups in total. The molecule has 12 heteroatoms. The Hall–Kier alpha value is -1.93. The quantitative estimate of drug-likeness (QED) is 0.192. The number of hydrogen-bond acceptors (Lipinski definition) is 11. The second kappa shape index (κ2) is 8.39. The van der Waals surface area contributed by atoms with E-state index in [0.717, 1.165) is 12.8 Å². The molecule has 12 nitrogen and oxygen atoms in total. The number of aliphatic hydroxyl groups is 3. The average Bonchev–Trinajstić information content (AvgIpc) is 3.21. The van der Waals surface area contributed by atoms with Crippen LogP contribution in [-0.4, -0.2) is 84.5 Å². The minimum Gasteiger partial charge on any atom is -0.387 e. The molecule has 150 valence electrons. The molecular formula is C15H25N7O5. The lowest BCUT2D eigenvalue weighted by Gasteiger charge is -2.29. The second-order valence-corrected chi connectivity index (χ2v) is 6.53. The van der Waals surface area contributed by atoms with E-state index in [1.54, 1.807) is 11.9 Å². The van der Waals surface area contributed by atoms with Crippen molar-refractivity contribution in [2.24, 2.45) is 5.90 Å². The Morgan fingerprint density at radius 2 is 2.07 bits per heavy atom. The molecule has 1 unspecified atom stereocenters. The van der Waals surface area contributed by atoms with Crippen LogP contribution in [0, 0.1) is 0 Å². The Labute approximate surface area is 155 Å². The van der Waals surface area contributed by atoms with Gasteiger partial charge in [-0.2, -0.15) is 0 Å². The summed E-state index contributed by atoms with van der Waals surface area (Å²) in [4.78, 5) is 18.2. The third-order valence-corrected chi connectivity index (χ3v) is 4.70. The molecule has 0 bridgehead atoms. The monoisotopic (exact) mass is 383 g/mol. The van der Waals surface area contributed by atoms with Gasteiger partial charge in [0.25, 0.3) is 0 Å². The van der Waals surface area contributed by atoms with Crippen molar-refractivity contribution in [2.45, 2.75) is 43.6 Å². The van der Waals surface area contributed by atoms with Gasteiger partial charge in [0.05, 0.1) is 12.9 Å². The van der Waals surface area contributed by atoms with Crippen LogP contribution >= 0.6 is 0 Å². The van der Waals surface area contributed by atoms with Gasteiger partial charge in [-0.15, -0.1) is 0 Å². The highest BCUT2D eigenvalue weighted by Crippen LogP contribution is 2.33. The van der Waals surface area contributed by atoms with Crippen LogP contribution in [-0.2, 0) is 9.57 Å². The average molecular weight is 383 g/mol. The number of fused-ring (bicyclic) bond motifs is 1. The van der Waals surface area contributed by atoms with E-state index in [9.17, 15) is 15.3 Å². The van der Waals surface area contributed by atoms with Crippen molar-refractivity contribution < 1.29 is 24.9 Å². The van der Waals surface area contributed by atoms with Crippen LogP contribution in [0.5, 0.6) is 0 Å². The topological polar surface area (TPSA) is 178 Å². The van der Waals surface area contributed by atoms with Gasteiger partial charge >= 0.3 is 0 Å². The minimum absolute atomic E-state index is 0.199. The molecule has 1 saturated heterocycles. The van der Waals surface area contributed by atoms with E-state index in [-0.39, 0.29) is 5.82 Å². The van der Waals surface area contributed by atoms with Crippen LogP contribution in [0.25, 0.3) is 11.2 Å². The van der Waals surface area contributed by atoms with Crippen molar-refractivity contribution >= 4 is 17.0 Å². The van der Waals surface area contributed by atoms with E-state index >= 15 is 0 Å². The normalized spacial score (nSPS) is 26.9. The SMILES string of the molecule is CN(CCCCON)C(O)[C@H]1O[C@@H](n2cnc3c(N)ncnc32)[C@H](O)[C@@H]1O. The van der Waals surface area contributed by atoms with Gasteiger partial charge in [-0.3, -0.25) is 9.47 Å². The van der Waals surface area contributed by atoms with E-state index in [1.165, 1.54) is 17.2 Å². The lowest BCUT2D eigenvalue weighted by atomic mass is 10.1. The summed E-state index contributed by atoms with van der Waals surface area (Å²) < 4.78 is 7.24. The van der Waals surface area contributed by atoms with Crippen molar-refractivity contribution in [2.75, 3.05) is 25.9 Å². The predicted molar refractivity (Wildman–Crippen MR) is 93.7 cm³/mol. The van der Waals surface area contributed by atoms with E-state index < -0.39 is 30.8 Å². The van der Waals surface area contributed by atoms with Gasteiger partial charge in [0, 0.05) is 6.54 Å². The number of imidazole rings is 1. The Morgan fingerprint density at radius 3 is 2.81 bits per heavy atom. The van der Waals surface area contributed by atoms with Gasteiger partial charge in [0.15, 0.2) is 17.7 Å². The maximum atomic E-state index is 10.5. The number of hydrogen-bond donors (Lipinski definition) is 5. The van der Waals surface area contributed by atoms with Crippen LogP contribution in [0.1, 0.15) is 19.1 Å². The molecule has 3 heterocycles.